The second-order valence-electron chi connectivity index (χ2n) is 6.36. The Morgan fingerprint density at radius 2 is 2.15 bits per heavy atom. The zero-order valence-corrected chi connectivity index (χ0v) is 16.1. The number of carbonyl (C=O) groups is 2. The first-order valence-electron chi connectivity index (χ1n) is 9.02. The Balaban J connectivity index is 1.62. The van der Waals surface area contributed by atoms with Crippen LogP contribution in [0, 0.1) is 0 Å². The maximum Gasteiger partial charge on any atom is 0.248 e. The monoisotopic (exact) mass is 388 g/mol. The van der Waals surface area contributed by atoms with Gasteiger partial charge in [-0.3, -0.25) is 14.7 Å². The van der Waals surface area contributed by atoms with Crippen LogP contribution in [0.2, 0.25) is 0 Å². The van der Waals surface area contributed by atoms with Crippen LogP contribution in [-0.4, -0.2) is 49.6 Å². The van der Waals surface area contributed by atoms with Gasteiger partial charge in [-0.1, -0.05) is 13.3 Å². The number of rotatable bonds is 7. The molecule has 1 aromatic heterocycles. The molecule has 1 unspecified atom stereocenters. The molecule has 1 aliphatic rings. The van der Waals surface area contributed by atoms with Gasteiger partial charge in [0.15, 0.2) is 5.82 Å². The maximum absolute atomic E-state index is 12.6. The summed E-state index contributed by atoms with van der Waals surface area (Å²) in [6, 6.07) is 6.87. The summed E-state index contributed by atoms with van der Waals surface area (Å²) in [6.45, 7) is 2.35. The molecule has 1 atom stereocenters. The van der Waals surface area contributed by atoms with E-state index in [0.29, 0.717) is 41.9 Å². The van der Waals surface area contributed by atoms with Crippen molar-refractivity contribution in [1.29, 1.82) is 0 Å². The number of amides is 2. The topological polar surface area (TPSA) is 117 Å². The quantitative estimate of drug-likeness (QED) is 0.667. The maximum atomic E-state index is 12.6. The van der Waals surface area contributed by atoms with Crippen LogP contribution in [0.25, 0.3) is 11.4 Å². The number of nitrogens with zero attached hydrogens (tertiary/aromatic N) is 3. The van der Waals surface area contributed by atoms with Gasteiger partial charge in [0.1, 0.15) is 11.9 Å². The molecule has 27 heavy (non-hydrogen) atoms. The second kappa shape index (κ2) is 9.01. The van der Waals surface area contributed by atoms with Gasteiger partial charge in [-0.25, -0.2) is 4.98 Å². The van der Waals surface area contributed by atoms with Gasteiger partial charge in [0.2, 0.25) is 11.8 Å². The van der Waals surface area contributed by atoms with E-state index in [-0.39, 0.29) is 11.8 Å². The van der Waals surface area contributed by atoms with Gasteiger partial charge in [0, 0.05) is 23.4 Å². The van der Waals surface area contributed by atoms with Crippen LogP contribution in [0.4, 0.5) is 5.69 Å². The number of hydrogen-bond donors (Lipinski definition) is 3. The van der Waals surface area contributed by atoms with Crippen LogP contribution < -0.4 is 11.1 Å². The predicted molar refractivity (Wildman–Crippen MR) is 106 cm³/mol. The Kier molecular flexibility index (Phi) is 6.46. The van der Waals surface area contributed by atoms with Gasteiger partial charge in [-0.15, -0.1) is 11.8 Å². The van der Waals surface area contributed by atoms with Crippen LogP contribution in [0.1, 0.15) is 32.0 Å². The number of thioether (sulfide) groups is 1. The summed E-state index contributed by atoms with van der Waals surface area (Å²) >= 11 is 1.61. The molecule has 9 heteroatoms. The Bertz CT molecular complexity index is 791. The summed E-state index contributed by atoms with van der Waals surface area (Å²) in [4.78, 5) is 30.9. The van der Waals surface area contributed by atoms with Gasteiger partial charge in [-0.2, -0.15) is 5.10 Å². The number of H-pyrrole nitrogens is 1. The lowest BCUT2D eigenvalue weighted by Gasteiger charge is -2.23. The Labute approximate surface area is 162 Å². The minimum absolute atomic E-state index is 0.0534. The van der Waals surface area contributed by atoms with E-state index < -0.39 is 6.04 Å². The highest BCUT2D eigenvalue weighted by Crippen LogP contribution is 2.24. The van der Waals surface area contributed by atoms with Crippen LogP contribution >= 0.6 is 11.8 Å². The van der Waals surface area contributed by atoms with E-state index in [2.05, 4.69) is 27.4 Å². The fraction of sp³-hybridized carbons (Fsp3) is 0.444. The zero-order chi connectivity index (χ0) is 19.2. The number of benzene rings is 1. The lowest BCUT2D eigenvalue weighted by atomic mass is 10.1. The molecule has 0 radical (unpaired) electrons. The number of hydrogen-bond acceptors (Lipinski definition) is 6. The van der Waals surface area contributed by atoms with Crippen molar-refractivity contribution in [3.63, 3.8) is 0 Å². The summed E-state index contributed by atoms with van der Waals surface area (Å²) in [5.74, 6) is 2.29. The molecule has 2 heterocycles. The van der Waals surface area contributed by atoms with Gasteiger partial charge in [0.25, 0.3) is 0 Å². The largest absolute Gasteiger partial charge is 0.324 e. The van der Waals surface area contributed by atoms with E-state index in [9.17, 15) is 9.59 Å². The third-order valence-electron chi connectivity index (χ3n) is 4.39. The number of nitrogens with two attached hydrogens (primary N) is 1. The first-order chi connectivity index (χ1) is 13.1. The predicted octanol–water partition coefficient (Wildman–Crippen LogP) is 1.96. The fourth-order valence-electron chi connectivity index (χ4n) is 2.82. The molecule has 0 saturated carbocycles. The molecular formula is C18H24N6O2S. The standard InChI is InChI=1S/C18H24N6O2S/c1-2-3-4-16(25)24-11-27-10-14(24)18(26)20-13-7-5-12(6-8-13)17-21-15(9-19)22-23-17/h5-8,14H,2-4,9-11,19H2,1H3,(H,20,26)(H,21,22,23). The summed E-state index contributed by atoms with van der Waals surface area (Å²) in [5, 5.41) is 9.79. The Morgan fingerprint density at radius 1 is 1.37 bits per heavy atom. The lowest BCUT2D eigenvalue weighted by Crippen LogP contribution is -2.44. The van der Waals surface area contributed by atoms with E-state index in [1.54, 1.807) is 28.8 Å². The van der Waals surface area contributed by atoms with Crippen LogP contribution in [0.15, 0.2) is 24.3 Å². The van der Waals surface area contributed by atoms with E-state index in [4.69, 9.17) is 5.73 Å². The minimum Gasteiger partial charge on any atom is -0.324 e. The Hall–Kier alpha value is -2.39. The molecule has 2 aromatic rings. The molecule has 1 fully saturated rings. The van der Waals surface area contributed by atoms with Gasteiger partial charge in [0.05, 0.1) is 12.4 Å². The summed E-state index contributed by atoms with van der Waals surface area (Å²) < 4.78 is 0. The molecule has 0 spiro atoms. The molecule has 1 saturated heterocycles. The molecule has 2 amide bonds. The number of nitrogens with one attached hydrogen (secondary N) is 2. The highest BCUT2D eigenvalue weighted by atomic mass is 32.2. The Morgan fingerprint density at radius 3 is 2.81 bits per heavy atom. The third-order valence-corrected chi connectivity index (χ3v) is 5.40. The molecule has 4 N–H and O–H groups in total. The SMILES string of the molecule is CCCCC(=O)N1CSCC1C(=O)Nc1ccc(-c2n[nH]c(CN)n2)cc1. The summed E-state index contributed by atoms with van der Waals surface area (Å²) in [5.41, 5.74) is 7.04. The van der Waals surface area contributed by atoms with Gasteiger partial charge in [-0.05, 0) is 30.7 Å². The second-order valence-corrected chi connectivity index (χ2v) is 7.36. The van der Waals surface area contributed by atoms with Gasteiger partial charge < -0.3 is 16.0 Å². The molecule has 8 nitrogen and oxygen atoms in total. The smallest absolute Gasteiger partial charge is 0.248 e. The van der Waals surface area contributed by atoms with E-state index >= 15 is 0 Å². The van der Waals surface area contributed by atoms with E-state index in [0.717, 1.165) is 18.4 Å². The third kappa shape index (κ3) is 4.67. The normalized spacial score (nSPS) is 16.5. The first-order valence-corrected chi connectivity index (χ1v) is 10.2. The number of anilines is 1. The zero-order valence-electron chi connectivity index (χ0n) is 15.3. The van der Waals surface area contributed by atoms with Crippen molar-refractivity contribution >= 4 is 29.3 Å². The van der Waals surface area contributed by atoms with Crippen molar-refractivity contribution in [2.24, 2.45) is 5.73 Å². The molecule has 1 aromatic carbocycles. The summed E-state index contributed by atoms with van der Waals surface area (Å²) in [7, 11) is 0. The minimum atomic E-state index is -0.417. The first kappa shape index (κ1) is 19.4. The summed E-state index contributed by atoms with van der Waals surface area (Å²) in [6.07, 6.45) is 2.31. The molecule has 0 bridgehead atoms. The average Bonchev–Trinajstić information content (AvgIpc) is 3.36. The lowest BCUT2D eigenvalue weighted by molar-refractivity contribution is -0.136. The number of aromatic amines is 1. The molecule has 144 valence electrons. The molecular weight excluding hydrogens is 364 g/mol. The van der Waals surface area contributed by atoms with Crippen molar-refractivity contribution < 1.29 is 9.59 Å². The average molecular weight is 388 g/mol. The van der Waals surface area contributed by atoms with Crippen LogP contribution in [0.5, 0.6) is 0 Å². The fourth-order valence-corrected chi connectivity index (χ4v) is 4.00. The molecule has 1 aliphatic heterocycles. The van der Waals surface area contributed by atoms with E-state index in [1.807, 2.05) is 12.1 Å². The van der Waals surface area contributed by atoms with Crippen molar-refractivity contribution in [3.05, 3.63) is 30.1 Å². The van der Waals surface area contributed by atoms with Crippen molar-refractivity contribution in [2.45, 2.75) is 38.8 Å². The highest BCUT2D eigenvalue weighted by Gasteiger charge is 2.34. The molecule has 0 aliphatic carbocycles. The van der Waals surface area contributed by atoms with E-state index in [1.165, 1.54) is 0 Å². The number of carbonyl (C=O) groups excluding carboxylic acids is 2. The van der Waals surface area contributed by atoms with Crippen molar-refractivity contribution in [1.82, 2.24) is 20.1 Å². The van der Waals surface area contributed by atoms with Gasteiger partial charge >= 0.3 is 0 Å². The highest BCUT2D eigenvalue weighted by molar-refractivity contribution is 7.99. The van der Waals surface area contributed by atoms with Crippen LogP contribution in [-0.2, 0) is 16.1 Å². The number of aromatic nitrogens is 3. The molecule has 3 rings (SSSR count). The van der Waals surface area contributed by atoms with Crippen molar-refractivity contribution in [2.75, 3.05) is 16.9 Å². The van der Waals surface area contributed by atoms with Crippen LogP contribution in [0.3, 0.4) is 0 Å². The number of unbranched alkanes of at least 4 members (excludes halogenated alkanes) is 1. The van der Waals surface area contributed by atoms with Crippen molar-refractivity contribution in [3.8, 4) is 11.4 Å².